The number of nitrogens with one attached hydrogen (secondary N) is 1. The molecule has 0 saturated heterocycles. The summed E-state index contributed by atoms with van der Waals surface area (Å²) in [5.74, 6) is -3.22. The fourth-order valence-electron chi connectivity index (χ4n) is 3.55. The zero-order valence-electron chi connectivity index (χ0n) is 17.6. The van der Waals surface area contributed by atoms with Crippen molar-refractivity contribution in [3.05, 3.63) is 51.7 Å². The number of amides is 2. The summed E-state index contributed by atoms with van der Waals surface area (Å²) in [6.45, 7) is 2.73. The van der Waals surface area contributed by atoms with Crippen LogP contribution in [0, 0.1) is 18.7 Å². The fourth-order valence-corrected chi connectivity index (χ4v) is 4.61. The molecule has 2 aromatic rings. The number of benzene rings is 1. The summed E-state index contributed by atoms with van der Waals surface area (Å²) in [4.78, 5) is 48.5. The highest BCUT2D eigenvalue weighted by molar-refractivity contribution is 7.18. The minimum atomic E-state index is -0.734. The van der Waals surface area contributed by atoms with Gasteiger partial charge in [0.25, 0.3) is 11.8 Å². The number of thiophene rings is 1. The van der Waals surface area contributed by atoms with Crippen molar-refractivity contribution in [2.75, 3.05) is 18.5 Å². The Hall–Kier alpha value is -3.27. The maximum Gasteiger partial charge on any atom is 0.341 e. The van der Waals surface area contributed by atoms with Crippen LogP contribution in [0.2, 0.25) is 0 Å². The van der Waals surface area contributed by atoms with E-state index in [1.54, 1.807) is 13.0 Å². The average molecular weight is 462 g/mol. The lowest BCUT2D eigenvalue weighted by Gasteiger charge is -2.33. The van der Waals surface area contributed by atoms with Gasteiger partial charge in [-0.1, -0.05) is 12.1 Å². The van der Waals surface area contributed by atoms with Gasteiger partial charge in [0.15, 0.2) is 6.61 Å². The first-order valence-corrected chi connectivity index (χ1v) is 10.8. The largest absolute Gasteiger partial charge is 0.462 e. The quantitative estimate of drug-likeness (QED) is 0.581. The number of ether oxygens (including phenoxy) is 2. The van der Waals surface area contributed by atoms with Gasteiger partial charge >= 0.3 is 11.9 Å². The molecule has 1 aliphatic carbocycles. The molecule has 0 unspecified atom stereocenters. The Morgan fingerprint density at radius 2 is 1.94 bits per heavy atom. The summed E-state index contributed by atoms with van der Waals surface area (Å²) in [5, 5.41) is 2.59. The molecule has 1 heterocycles. The predicted molar refractivity (Wildman–Crippen MR) is 115 cm³/mol. The number of halogens is 1. The number of anilines is 1. The number of hydrogen-bond acceptors (Lipinski definition) is 7. The van der Waals surface area contributed by atoms with Crippen LogP contribution < -0.4 is 11.1 Å². The highest BCUT2D eigenvalue weighted by Crippen LogP contribution is 2.42. The molecule has 0 radical (unpaired) electrons. The van der Waals surface area contributed by atoms with Crippen molar-refractivity contribution in [1.82, 2.24) is 0 Å². The van der Waals surface area contributed by atoms with Gasteiger partial charge in [-0.25, -0.2) is 9.18 Å². The van der Waals surface area contributed by atoms with Crippen LogP contribution >= 0.6 is 11.3 Å². The van der Waals surface area contributed by atoms with Crippen molar-refractivity contribution >= 4 is 40.1 Å². The second kappa shape index (κ2) is 9.90. The normalized spacial score (nSPS) is 17.2. The van der Waals surface area contributed by atoms with Gasteiger partial charge < -0.3 is 20.5 Å². The van der Waals surface area contributed by atoms with Crippen molar-refractivity contribution in [2.24, 2.45) is 11.7 Å². The summed E-state index contributed by atoms with van der Waals surface area (Å²) in [7, 11) is 0. The molecule has 0 spiro atoms. The third-order valence-electron chi connectivity index (χ3n) is 5.24. The van der Waals surface area contributed by atoms with Crippen LogP contribution in [0.3, 0.4) is 0 Å². The predicted octanol–water partition coefficient (Wildman–Crippen LogP) is 3.15. The van der Waals surface area contributed by atoms with Gasteiger partial charge in [-0.3, -0.25) is 14.4 Å². The maximum absolute atomic E-state index is 13.3. The number of rotatable bonds is 8. The molecule has 170 valence electrons. The minimum Gasteiger partial charge on any atom is -0.462 e. The Morgan fingerprint density at radius 3 is 2.56 bits per heavy atom. The zero-order valence-corrected chi connectivity index (χ0v) is 18.4. The smallest absolute Gasteiger partial charge is 0.341 e. The molecule has 8 nitrogen and oxygen atoms in total. The maximum atomic E-state index is 13.3. The van der Waals surface area contributed by atoms with Crippen molar-refractivity contribution < 1.29 is 33.0 Å². The van der Waals surface area contributed by atoms with E-state index >= 15 is 0 Å². The molecule has 3 rings (SSSR count). The Morgan fingerprint density at radius 1 is 1.22 bits per heavy atom. The van der Waals surface area contributed by atoms with E-state index in [0.717, 1.165) is 16.9 Å². The number of carbonyl (C=O) groups is 4. The summed E-state index contributed by atoms with van der Waals surface area (Å²) in [5.41, 5.74) is 6.52. The van der Waals surface area contributed by atoms with Crippen LogP contribution in [0.15, 0.2) is 24.3 Å². The standard InChI is InChI=1S/C22H23FN2O6S/c1-3-30-22(29)17-11(2)18(19(24)27)32-20(17)25-16(26)10-31-21(28)14-7-13(8-14)12-5-4-6-15(23)9-12/h4-6,9,13-14H,3,7-8,10H2,1-2H3,(H2,24,27)(H,25,26). The zero-order chi connectivity index (χ0) is 23.4. The second-order valence-electron chi connectivity index (χ2n) is 7.42. The molecule has 32 heavy (non-hydrogen) atoms. The van der Waals surface area contributed by atoms with Crippen LogP contribution in [0.25, 0.3) is 0 Å². The molecular formula is C22H23FN2O6S. The first-order chi connectivity index (χ1) is 15.2. The van der Waals surface area contributed by atoms with Crippen molar-refractivity contribution in [3.63, 3.8) is 0 Å². The summed E-state index contributed by atoms with van der Waals surface area (Å²) < 4.78 is 23.4. The second-order valence-corrected chi connectivity index (χ2v) is 8.44. The van der Waals surface area contributed by atoms with Crippen LogP contribution in [-0.2, 0) is 19.1 Å². The molecule has 0 atom stereocenters. The first-order valence-electron chi connectivity index (χ1n) is 10.0. The lowest BCUT2D eigenvalue weighted by Crippen LogP contribution is -2.32. The number of esters is 2. The van der Waals surface area contributed by atoms with E-state index < -0.39 is 30.4 Å². The molecule has 0 aliphatic heterocycles. The van der Waals surface area contributed by atoms with Crippen LogP contribution in [0.5, 0.6) is 0 Å². The van der Waals surface area contributed by atoms with Crippen LogP contribution in [0.1, 0.15) is 56.8 Å². The Balaban J connectivity index is 1.56. The lowest BCUT2D eigenvalue weighted by molar-refractivity contribution is -0.154. The van der Waals surface area contributed by atoms with Crippen molar-refractivity contribution in [1.29, 1.82) is 0 Å². The molecule has 1 aliphatic rings. The van der Waals surface area contributed by atoms with E-state index in [9.17, 15) is 23.6 Å². The number of hydrogen-bond donors (Lipinski definition) is 2. The SMILES string of the molecule is CCOC(=O)c1c(NC(=O)COC(=O)C2CC(c3cccc(F)c3)C2)sc(C(N)=O)c1C. The van der Waals surface area contributed by atoms with E-state index in [1.165, 1.54) is 19.1 Å². The van der Waals surface area contributed by atoms with E-state index in [2.05, 4.69) is 5.32 Å². The van der Waals surface area contributed by atoms with Gasteiger partial charge in [0.2, 0.25) is 0 Å². The van der Waals surface area contributed by atoms with Gasteiger partial charge in [0, 0.05) is 0 Å². The minimum absolute atomic E-state index is 0.0438. The molecular weight excluding hydrogens is 439 g/mol. The van der Waals surface area contributed by atoms with Gasteiger partial charge in [0.1, 0.15) is 10.8 Å². The highest BCUT2D eigenvalue weighted by Gasteiger charge is 2.37. The monoisotopic (exact) mass is 462 g/mol. The third kappa shape index (κ3) is 5.13. The summed E-state index contributed by atoms with van der Waals surface area (Å²) in [6.07, 6.45) is 1.03. The Bertz CT molecular complexity index is 1060. The highest BCUT2D eigenvalue weighted by atomic mass is 32.1. The third-order valence-corrected chi connectivity index (χ3v) is 6.46. The van der Waals surface area contributed by atoms with E-state index in [-0.39, 0.29) is 39.7 Å². The topological polar surface area (TPSA) is 125 Å². The average Bonchev–Trinajstić information content (AvgIpc) is 3.01. The van der Waals surface area contributed by atoms with Gasteiger partial charge in [0.05, 0.1) is 23.0 Å². The van der Waals surface area contributed by atoms with Gasteiger partial charge in [-0.2, -0.15) is 0 Å². The van der Waals surface area contributed by atoms with Crippen LogP contribution in [0.4, 0.5) is 9.39 Å². The molecule has 10 heteroatoms. The van der Waals surface area contributed by atoms with E-state index in [4.69, 9.17) is 15.2 Å². The summed E-state index contributed by atoms with van der Waals surface area (Å²) >= 11 is 0.854. The molecule has 0 bridgehead atoms. The molecule has 1 aromatic carbocycles. The van der Waals surface area contributed by atoms with Gasteiger partial charge in [-0.05, 0) is 55.9 Å². The number of carbonyl (C=O) groups excluding carboxylic acids is 4. The molecule has 1 saturated carbocycles. The Labute approximate surface area is 187 Å². The lowest BCUT2D eigenvalue weighted by atomic mass is 9.71. The molecule has 3 N–H and O–H groups in total. The summed E-state index contributed by atoms with van der Waals surface area (Å²) in [6, 6.07) is 6.25. The molecule has 1 aromatic heterocycles. The first kappa shape index (κ1) is 23.4. The van der Waals surface area contributed by atoms with Crippen LogP contribution in [-0.4, -0.2) is 37.0 Å². The van der Waals surface area contributed by atoms with E-state index in [0.29, 0.717) is 18.4 Å². The Kier molecular flexibility index (Phi) is 7.24. The number of nitrogens with two attached hydrogens (primary N) is 1. The van der Waals surface area contributed by atoms with Gasteiger partial charge in [-0.15, -0.1) is 11.3 Å². The molecule has 2 amide bonds. The molecule has 1 fully saturated rings. The van der Waals surface area contributed by atoms with E-state index in [1.807, 2.05) is 6.07 Å². The van der Waals surface area contributed by atoms with Crippen molar-refractivity contribution in [2.45, 2.75) is 32.6 Å². The fraction of sp³-hybridized carbons (Fsp3) is 0.364. The number of primary amides is 1. The van der Waals surface area contributed by atoms with Crippen molar-refractivity contribution in [3.8, 4) is 0 Å².